The minimum absolute atomic E-state index is 0.0983. The van der Waals surface area contributed by atoms with Crippen molar-refractivity contribution in [1.82, 2.24) is 14.1 Å². The van der Waals surface area contributed by atoms with Crippen molar-refractivity contribution in [2.24, 2.45) is 0 Å². The molecule has 1 atom stereocenters. The van der Waals surface area contributed by atoms with Crippen molar-refractivity contribution >= 4 is 49.9 Å². The third-order valence-corrected chi connectivity index (χ3v) is 12.4. The van der Waals surface area contributed by atoms with E-state index in [1.165, 1.54) is 44.2 Å². The second-order valence-electron chi connectivity index (χ2n) is 16.1. The minimum atomic E-state index is -0.0983. The standard InChI is InChI=1S/C57H41N5/c1-38-28-32-43(33-29-38)60-52-34-30-39(44-20-8-10-22-46(44)56-58-50-24-12-14-26-54(50)61(56)41-16-4-2-5-17-41)36-48(52)49-37-40(31-35-53(49)60)45-21-9-11-23-47(45)57-59-51-25-13-15-27-55(51)62(57)42-18-6-3-7-19-42/h2-37,56,58H,1H3. The highest BCUT2D eigenvalue weighted by Crippen LogP contribution is 2.48. The zero-order valence-electron chi connectivity index (χ0n) is 34.2. The van der Waals surface area contributed by atoms with Gasteiger partial charge in [0.2, 0.25) is 0 Å². The van der Waals surface area contributed by atoms with Crippen molar-refractivity contribution in [3.05, 3.63) is 230 Å². The molecule has 0 aliphatic carbocycles. The van der Waals surface area contributed by atoms with E-state index in [9.17, 15) is 0 Å². The van der Waals surface area contributed by atoms with Gasteiger partial charge in [0.1, 0.15) is 12.0 Å². The maximum atomic E-state index is 5.28. The fourth-order valence-corrected chi connectivity index (χ4v) is 9.55. The summed E-state index contributed by atoms with van der Waals surface area (Å²) in [5.74, 6) is 0.918. The molecule has 62 heavy (non-hydrogen) atoms. The number of aryl methyl sites for hydroxylation is 1. The Bertz CT molecular complexity index is 3450. The molecule has 0 amide bonds. The van der Waals surface area contributed by atoms with Gasteiger partial charge in [-0.25, -0.2) is 4.98 Å². The Morgan fingerprint density at radius 3 is 1.74 bits per heavy atom. The quantitative estimate of drug-likeness (QED) is 0.175. The van der Waals surface area contributed by atoms with Crippen LogP contribution < -0.4 is 10.2 Å². The van der Waals surface area contributed by atoms with Gasteiger partial charge in [-0.1, -0.05) is 139 Å². The minimum Gasteiger partial charge on any atom is -0.359 e. The molecule has 0 fully saturated rings. The van der Waals surface area contributed by atoms with Crippen LogP contribution in [0.25, 0.3) is 77.9 Å². The maximum absolute atomic E-state index is 5.28. The molecule has 0 radical (unpaired) electrons. The van der Waals surface area contributed by atoms with E-state index in [1.807, 2.05) is 0 Å². The molecule has 0 spiro atoms. The normalized spacial score (nSPS) is 13.5. The summed E-state index contributed by atoms with van der Waals surface area (Å²) in [6.45, 7) is 2.14. The van der Waals surface area contributed by atoms with E-state index in [0.717, 1.165) is 61.8 Å². The fraction of sp³-hybridized carbons (Fsp3) is 0.0351. The lowest BCUT2D eigenvalue weighted by molar-refractivity contribution is 0.830. The lowest BCUT2D eigenvalue weighted by Gasteiger charge is -2.29. The topological polar surface area (TPSA) is 38.0 Å². The van der Waals surface area contributed by atoms with Gasteiger partial charge in [0.15, 0.2) is 0 Å². The Labute approximate surface area is 360 Å². The molecule has 11 aromatic rings. The highest BCUT2D eigenvalue weighted by atomic mass is 15.3. The van der Waals surface area contributed by atoms with Crippen LogP contribution in [0.3, 0.4) is 0 Å². The predicted octanol–water partition coefficient (Wildman–Crippen LogP) is 14.7. The summed E-state index contributed by atoms with van der Waals surface area (Å²) in [5, 5.41) is 6.28. The molecule has 294 valence electrons. The third kappa shape index (κ3) is 5.81. The van der Waals surface area contributed by atoms with Crippen LogP contribution in [-0.2, 0) is 0 Å². The second kappa shape index (κ2) is 14.5. The van der Waals surface area contributed by atoms with E-state index in [-0.39, 0.29) is 6.17 Å². The van der Waals surface area contributed by atoms with Crippen molar-refractivity contribution in [2.45, 2.75) is 13.1 Å². The van der Waals surface area contributed by atoms with Crippen molar-refractivity contribution < 1.29 is 0 Å². The average molecular weight is 796 g/mol. The van der Waals surface area contributed by atoms with E-state index in [1.54, 1.807) is 0 Å². The first kappa shape index (κ1) is 35.8. The van der Waals surface area contributed by atoms with Gasteiger partial charge in [-0.3, -0.25) is 4.57 Å². The van der Waals surface area contributed by atoms with Crippen LogP contribution in [0.2, 0.25) is 0 Å². The molecular weight excluding hydrogens is 755 g/mol. The molecule has 2 aromatic heterocycles. The summed E-state index contributed by atoms with van der Waals surface area (Å²) in [4.78, 5) is 7.71. The molecule has 1 aliphatic heterocycles. The van der Waals surface area contributed by atoms with Crippen LogP contribution in [0, 0.1) is 6.92 Å². The van der Waals surface area contributed by atoms with Crippen LogP contribution in [0.1, 0.15) is 17.3 Å². The van der Waals surface area contributed by atoms with Gasteiger partial charge in [0.05, 0.1) is 33.4 Å². The van der Waals surface area contributed by atoms with Gasteiger partial charge in [0, 0.05) is 39.0 Å². The Balaban J connectivity index is 1.05. The Hall–Kier alpha value is -8.15. The highest BCUT2D eigenvalue weighted by molar-refractivity contribution is 6.12. The summed E-state index contributed by atoms with van der Waals surface area (Å²) in [7, 11) is 0. The summed E-state index contributed by atoms with van der Waals surface area (Å²) >= 11 is 0. The van der Waals surface area contributed by atoms with Crippen LogP contribution >= 0.6 is 0 Å². The zero-order valence-corrected chi connectivity index (χ0v) is 34.2. The van der Waals surface area contributed by atoms with Crippen molar-refractivity contribution in [3.63, 3.8) is 0 Å². The SMILES string of the molecule is Cc1ccc(-n2c3ccc(-c4ccccc4-c4nc5ccccc5n4-c4ccccc4)cc3c3cc(-c4ccccc4C4Nc5ccccc5N4c4ccccc4)ccc32)cc1. The molecule has 9 aromatic carbocycles. The summed E-state index contributed by atoms with van der Waals surface area (Å²) in [6, 6.07) is 78.6. The zero-order chi connectivity index (χ0) is 41.1. The number of anilines is 3. The Kier molecular flexibility index (Phi) is 8.39. The molecule has 5 heteroatoms. The number of fused-ring (bicyclic) bond motifs is 5. The first-order valence-corrected chi connectivity index (χ1v) is 21.2. The van der Waals surface area contributed by atoms with Gasteiger partial charge >= 0.3 is 0 Å². The monoisotopic (exact) mass is 795 g/mol. The van der Waals surface area contributed by atoms with Gasteiger partial charge in [-0.05, 0) is 114 Å². The van der Waals surface area contributed by atoms with Crippen molar-refractivity contribution in [1.29, 1.82) is 0 Å². The van der Waals surface area contributed by atoms with E-state index in [0.29, 0.717) is 0 Å². The van der Waals surface area contributed by atoms with Crippen LogP contribution in [0.5, 0.6) is 0 Å². The molecule has 0 saturated heterocycles. The summed E-state index contributed by atoms with van der Waals surface area (Å²) in [5.41, 5.74) is 18.2. The van der Waals surface area contributed by atoms with E-state index >= 15 is 0 Å². The molecule has 5 nitrogen and oxygen atoms in total. The molecular formula is C57H41N5. The Morgan fingerprint density at radius 1 is 0.435 bits per heavy atom. The van der Waals surface area contributed by atoms with Gasteiger partial charge in [-0.2, -0.15) is 0 Å². The Morgan fingerprint density at radius 2 is 1.00 bits per heavy atom. The number of aromatic nitrogens is 3. The van der Waals surface area contributed by atoms with Gasteiger partial charge < -0.3 is 14.8 Å². The lowest BCUT2D eigenvalue weighted by atomic mass is 9.95. The van der Waals surface area contributed by atoms with Crippen molar-refractivity contribution in [3.8, 4) is 45.0 Å². The fourth-order valence-electron chi connectivity index (χ4n) is 9.55. The number of rotatable bonds is 7. The van der Waals surface area contributed by atoms with Gasteiger partial charge in [-0.15, -0.1) is 0 Å². The number of hydrogen-bond acceptors (Lipinski definition) is 3. The molecule has 1 unspecified atom stereocenters. The van der Waals surface area contributed by atoms with E-state index < -0.39 is 0 Å². The second-order valence-corrected chi connectivity index (χ2v) is 16.1. The van der Waals surface area contributed by atoms with Crippen molar-refractivity contribution in [2.75, 3.05) is 10.2 Å². The largest absolute Gasteiger partial charge is 0.359 e. The number of nitrogens with zero attached hydrogens (tertiary/aromatic N) is 4. The maximum Gasteiger partial charge on any atom is 0.146 e. The highest BCUT2D eigenvalue weighted by Gasteiger charge is 2.32. The number of para-hydroxylation sites is 6. The van der Waals surface area contributed by atoms with E-state index in [4.69, 9.17) is 4.98 Å². The smallest absolute Gasteiger partial charge is 0.146 e. The molecule has 1 aliphatic rings. The number of nitrogens with one attached hydrogen (secondary N) is 1. The number of benzene rings is 9. The van der Waals surface area contributed by atoms with Gasteiger partial charge in [0.25, 0.3) is 0 Å². The van der Waals surface area contributed by atoms with Crippen LogP contribution in [-0.4, -0.2) is 14.1 Å². The summed E-state index contributed by atoms with van der Waals surface area (Å²) < 4.78 is 4.70. The number of hydrogen-bond donors (Lipinski definition) is 1. The molecule has 3 heterocycles. The first-order valence-electron chi connectivity index (χ1n) is 21.2. The lowest BCUT2D eigenvalue weighted by Crippen LogP contribution is -2.24. The van der Waals surface area contributed by atoms with E-state index in [2.05, 4.69) is 245 Å². The summed E-state index contributed by atoms with van der Waals surface area (Å²) in [6.07, 6.45) is -0.0983. The predicted molar refractivity (Wildman–Crippen MR) is 258 cm³/mol. The third-order valence-electron chi connectivity index (χ3n) is 12.4. The van der Waals surface area contributed by atoms with Crippen LogP contribution in [0.4, 0.5) is 17.1 Å². The molecule has 0 saturated carbocycles. The molecule has 1 N–H and O–H groups in total. The van der Waals surface area contributed by atoms with Crippen LogP contribution in [0.15, 0.2) is 218 Å². The average Bonchev–Trinajstić information content (AvgIpc) is 4.02. The number of imidazole rings is 1. The first-order chi connectivity index (χ1) is 30.7. The molecule has 0 bridgehead atoms. The molecule has 12 rings (SSSR count).